The van der Waals surface area contributed by atoms with Crippen LogP contribution in [0.3, 0.4) is 0 Å². The van der Waals surface area contributed by atoms with Crippen molar-refractivity contribution in [2.24, 2.45) is 0 Å². The monoisotopic (exact) mass is 243 g/mol. The Hall–Kier alpha value is -0.330. The van der Waals surface area contributed by atoms with E-state index in [9.17, 15) is 13.2 Å². The molecule has 0 aromatic carbocycles. The minimum absolute atomic E-state index is 0.0533. The topological polar surface area (TPSA) is 41.5 Å². The Morgan fingerprint density at radius 3 is 2.25 bits per heavy atom. The highest BCUT2D eigenvalue weighted by Crippen LogP contribution is 2.19. The molecule has 0 aromatic rings. The van der Waals surface area contributed by atoms with Gasteiger partial charge in [-0.15, -0.1) is 0 Å². The second-order valence-corrected chi connectivity index (χ2v) is 4.44. The number of hydrogen-bond acceptors (Lipinski definition) is 3. The molecule has 98 valence electrons. The average molecular weight is 243 g/mol. The van der Waals surface area contributed by atoms with Gasteiger partial charge in [0.25, 0.3) is 0 Å². The van der Waals surface area contributed by atoms with Crippen molar-refractivity contribution < 1.29 is 23.0 Å². The van der Waals surface area contributed by atoms with Crippen LogP contribution in [0.15, 0.2) is 0 Å². The van der Waals surface area contributed by atoms with Crippen molar-refractivity contribution in [3.8, 4) is 0 Å². The van der Waals surface area contributed by atoms with E-state index in [0.717, 1.165) is 0 Å². The molecular formula is C10H20F3NO2. The van der Waals surface area contributed by atoms with E-state index < -0.39 is 18.1 Å². The van der Waals surface area contributed by atoms with Crippen LogP contribution in [0.4, 0.5) is 13.2 Å². The van der Waals surface area contributed by atoms with E-state index in [1.165, 1.54) is 0 Å². The predicted octanol–water partition coefficient (Wildman–Crippen LogP) is 1.70. The molecule has 0 bridgehead atoms. The van der Waals surface area contributed by atoms with Gasteiger partial charge in [-0.05, 0) is 6.92 Å². The lowest BCUT2D eigenvalue weighted by molar-refractivity contribution is -0.147. The van der Waals surface area contributed by atoms with E-state index in [0.29, 0.717) is 0 Å². The van der Waals surface area contributed by atoms with Crippen LogP contribution in [-0.2, 0) is 4.74 Å². The van der Waals surface area contributed by atoms with Gasteiger partial charge in [0.05, 0.1) is 31.8 Å². The molecule has 0 aromatic heterocycles. The van der Waals surface area contributed by atoms with Crippen LogP contribution in [0.25, 0.3) is 0 Å². The summed E-state index contributed by atoms with van der Waals surface area (Å²) in [6, 6.07) is 0.128. The maximum atomic E-state index is 11.8. The van der Waals surface area contributed by atoms with Crippen LogP contribution in [-0.4, -0.2) is 42.7 Å². The molecule has 0 saturated carbocycles. The molecule has 0 aliphatic rings. The minimum atomic E-state index is -4.19. The molecule has 0 rings (SSSR count). The van der Waals surface area contributed by atoms with Gasteiger partial charge in [0.15, 0.2) is 0 Å². The van der Waals surface area contributed by atoms with E-state index >= 15 is 0 Å². The summed E-state index contributed by atoms with van der Waals surface area (Å²) < 4.78 is 40.4. The number of rotatable bonds is 7. The summed E-state index contributed by atoms with van der Waals surface area (Å²) >= 11 is 0. The zero-order valence-electron chi connectivity index (χ0n) is 9.90. The molecule has 3 nitrogen and oxygen atoms in total. The number of nitrogens with one attached hydrogen (secondary N) is 1. The third-order valence-electron chi connectivity index (χ3n) is 1.94. The minimum Gasteiger partial charge on any atom is -0.394 e. The third-order valence-corrected chi connectivity index (χ3v) is 1.94. The summed E-state index contributed by atoms with van der Waals surface area (Å²) in [5.41, 5.74) is -0.695. The molecule has 0 spiro atoms. The third kappa shape index (κ3) is 7.90. The zero-order chi connectivity index (χ0) is 12.8. The first-order valence-electron chi connectivity index (χ1n) is 5.21. The van der Waals surface area contributed by atoms with Crippen LogP contribution in [0.1, 0.15) is 27.2 Å². The summed E-state index contributed by atoms with van der Waals surface area (Å²) in [6.45, 7) is 4.99. The summed E-state index contributed by atoms with van der Waals surface area (Å²) in [5.74, 6) is 0. The van der Waals surface area contributed by atoms with Crippen LogP contribution in [0.2, 0.25) is 0 Å². The second kappa shape index (κ2) is 6.42. The SMILES string of the molecule is CC(C)NC(C)(CO)COCCC(F)(F)F. The van der Waals surface area contributed by atoms with Crippen molar-refractivity contribution >= 4 is 0 Å². The van der Waals surface area contributed by atoms with Gasteiger partial charge >= 0.3 is 6.18 Å². The standard InChI is InChI=1S/C10H20F3NO2/c1-8(2)14-9(3,6-15)7-16-5-4-10(11,12)13/h8,14-15H,4-7H2,1-3H3. The number of aliphatic hydroxyl groups is 1. The Morgan fingerprint density at radius 1 is 1.31 bits per heavy atom. The van der Waals surface area contributed by atoms with Gasteiger partial charge in [0.1, 0.15) is 0 Å². The fraction of sp³-hybridized carbons (Fsp3) is 1.00. The van der Waals surface area contributed by atoms with Crippen LogP contribution >= 0.6 is 0 Å². The fourth-order valence-electron chi connectivity index (χ4n) is 1.32. The molecule has 1 atom stereocenters. The van der Waals surface area contributed by atoms with E-state index in [2.05, 4.69) is 5.32 Å². The summed E-state index contributed by atoms with van der Waals surface area (Å²) in [6.07, 6.45) is -5.16. The molecule has 0 amide bonds. The van der Waals surface area contributed by atoms with Crippen molar-refractivity contribution in [2.45, 2.75) is 44.9 Å². The predicted molar refractivity (Wildman–Crippen MR) is 55.3 cm³/mol. The molecule has 0 heterocycles. The number of alkyl halides is 3. The Morgan fingerprint density at radius 2 is 1.88 bits per heavy atom. The van der Waals surface area contributed by atoms with Crippen molar-refractivity contribution in [2.75, 3.05) is 19.8 Å². The largest absolute Gasteiger partial charge is 0.394 e. The highest BCUT2D eigenvalue weighted by atomic mass is 19.4. The summed E-state index contributed by atoms with van der Waals surface area (Å²) in [4.78, 5) is 0. The zero-order valence-corrected chi connectivity index (χ0v) is 9.90. The van der Waals surface area contributed by atoms with Gasteiger partial charge in [-0.1, -0.05) is 13.8 Å². The lowest BCUT2D eigenvalue weighted by Gasteiger charge is -2.30. The Labute approximate surface area is 94.0 Å². The Bertz CT molecular complexity index is 197. The number of aliphatic hydroxyl groups excluding tert-OH is 1. The molecule has 1 unspecified atom stereocenters. The molecule has 0 aliphatic heterocycles. The van der Waals surface area contributed by atoms with Gasteiger partial charge in [-0.3, -0.25) is 0 Å². The van der Waals surface area contributed by atoms with Crippen molar-refractivity contribution in [1.29, 1.82) is 0 Å². The first-order valence-corrected chi connectivity index (χ1v) is 5.21. The number of ether oxygens (including phenoxy) is 1. The molecule has 6 heteroatoms. The summed E-state index contributed by atoms with van der Waals surface area (Å²) in [7, 11) is 0. The van der Waals surface area contributed by atoms with Crippen molar-refractivity contribution in [3.63, 3.8) is 0 Å². The number of hydrogen-bond donors (Lipinski definition) is 2. The average Bonchev–Trinajstić information content (AvgIpc) is 2.10. The van der Waals surface area contributed by atoms with Crippen molar-refractivity contribution in [3.05, 3.63) is 0 Å². The highest BCUT2D eigenvalue weighted by molar-refractivity contribution is 4.83. The lowest BCUT2D eigenvalue weighted by atomic mass is 10.0. The van der Waals surface area contributed by atoms with Crippen molar-refractivity contribution in [1.82, 2.24) is 5.32 Å². The Kier molecular flexibility index (Phi) is 6.28. The highest BCUT2D eigenvalue weighted by Gasteiger charge is 2.28. The van der Waals surface area contributed by atoms with E-state index in [1.54, 1.807) is 6.92 Å². The quantitative estimate of drug-likeness (QED) is 0.669. The molecular weight excluding hydrogens is 223 g/mol. The van der Waals surface area contributed by atoms with Gasteiger partial charge in [0.2, 0.25) is 0 Å². The maximum Gasteiger partial charge on any atom is 0.391 e. The molecule has 0 saturated heterocycles. The molecule has 0 aliphatic carbocycles. The normalized spacial score (nSPS) is 16.5. The van der Waals surface area contributed by atoms with Gasteiger partial charge in [0, 0.05) is 6.04 Å². The first-order chi connectivity index (χ1) is 7.18. The smallest absolute Gasteiger partial charge is 0.391 e. The first kappa shape index (κ1) is 15.7. The van der Waals surface area contributed by atoms with Crippen LogP contribution < -0.4 is 5.32 Å². The summed E-state index contributed by atoms with van der Waals surface area (Å²) in [5, 5.41) is 12.2. The van der Waals surface area contributed by atoms with E-state index in [1.807, 2.05) is 13.8 Å². The Balaban J connectivity index is 3.87. The fourth-order valence-corrected chi connectivity index (χ4v) is 1.32. The molecule has 16 heavy (non-hydrogen) atoms. The maximum absolute atomic E-state index is 11.8. The lowest BCUT2D eigenvalue weighted by Crippen LogP contribution is -2.52. The molecule has 0 fully saturated rings. The second-order valence-electron chi connectivity index (χ2n) is 4.44. The van der Waals surface area contributed by atoms with Gasteiger partial charge < -0.3 is 15.2 Å². The molecule has 2 N–H and O–H groups in total. The number of halogens is 3. The van der Waals surface area contributed by atoms with Gasteiger partial charge in [-0.25, -0.2) is 0 Å². The van der Waals surface area contributed by atoms with Crippen LogP contribution in [0.5, 0.6) is 0 Å². The van der Waals surface area contributed by atoms with E-state index in [4.69, 9.17) is 9.84 Å². The molecule has 0 radical (unpaired) electrons. The van der Waals surface area contributed by atoms with Crippen LogP contribution in [0, 0.1) is 0 Å². The van der Waals surface area contributed by atoms with Gasteiger partial charge in [-0.2, -0.15) is 13.2 Å². The van der Waals surface area contributed by atoms with E-state index in [-0.39, 0.29) is 25.9 Å².